The first-order chi connectivity index (χ1) is 13.4. The molecule has 6 atom stereocenters. The van der Waals surface area contributed by atoms with Crippen LogP contribution >= 0.6 is 0 Å². The Balaban J connectivity index is 1.62. The van der Waals surface area contributed by atoms with Crippen molar-refractivity contribution < 1.29 is 29.6 Å². The number of halogens is 1. The minimum absolute atomic E-state index is 0.0171. The van der Waals surface area contributed by atoms with Crippen molar-refractivity contribution in [1.29, 1.82) is 0 Å². The van der Waals surface area contributed by atoms with Crippen molar-refractivity contribution in [2.75, 3.05) is 0 Å². The molecule has 0 amide bonds. The van der Waals surface area contributed by atoms with Crippen LogP contribution in [-0.4, -0.2) is 29.1 Å². The summed E-state index contributed by atoms with van der Waals surface area (Å²) in [5.41, 5.74) is 1.51. The number of nitrogens with two attached hydrogens (primary N) is 2. The number of benzene rings is 1. The van der Waals surface area contributed by atoms with Crippen LogP contribution in [0.2, 0.25) is 0 Å². The van der Waals surface area contributed by atoms with Gasteiger partial charge in [-0.1, -0.05) is 13.0 Å². The highest BCUT2D eigenvalue weighted by atomic mass is 32.2. The van der Waals surface area contributed by atoms with Gasteiger partial charge in [0, 0.05) is 5.41 Å². The van der Waals surface area contributed by atoms with Crippen molar-refractivity contribution in [3.63, 3.8) is 0 Å². The van der Waals surface area contributed by atoms with Crippen LogP contribution in [0.3, 0.4) is 0 Å². The van der Waals surface area contributed by atoms with Gasteiger partial charge in [0.25, 0.3) is 0 Å². The van der Waals surface area contributed by atoms with Crippen LogP contribution in [0.4, 0.5) is 4.39 Å². The molecule has 0 aromatic heterocycles. The lowest BCUT2D eigenvalue weighted by atomic mass is 9.55. The maximum absolute atomic E-state index is 14.8. The van der Waals surface area contributed by atoms with Gasteiger partial charge >= 0.3 is 20.6 Å². The van der Waals surface area contributed by atoms with Crippen LogP contribution in [0.25, 0.3) is 0 Å². The first-order valence-corrected chi connectivity index (χ1v) is 12.5. The van der Waals surface area contributed by atoms with Crippen molar-refractivity contribution in [1.82, 2.24) is 0 Å². The second-order valence-electron chi connectivity index (χ2n) is 8.66. The predicted octanol–water partition coefficient (Wildman–Crippen LogP) is 1.66. The number of fused-ring (bicyclic) bond motifs is 5. The lowest BCUT2D eigenvalue weighted by molar-refractivity contribution is -0.0195. The van der Waals surface area contributed by atoms with Crippen molar-refractivity contribution in [2.24, 2.45) is 27.5 Å². The van der Waals surface area contributed by atoms with E-state index in [2.05, 4.69) is 0 Å². The van der Waals surface area contributed by atoms with Crippen molar-refractivity contribution in [2.45, 2.75) is 57.2 Å². The molecule has 1 aromatic carbocycles. The normalized spacial score (nSPS) is 36.8. The quantitative estimate of drug-likeness (QED) is 0.718. The molecule has 0 aliphatic heterocycles. The molecule has 8 nitrogen and oxygen atoms in total. The van der Waals surface area contributed by atoms with Crippen LogP contribution in [-0.2, 0) is 31.2 Å². The molecular weight excluding hydrogens is 423 g/mol. The van der Waals surface area contributed by atoms with Gasteiger partial charge in [-0.05, 0) is 73.1 Å². The van der Waals surface area contributed by atoms with Crippen LogP contribution in [0.15, 0.2) is 18.2 Å². The highest BCUT2D eigenvalue weighted by molar-refractivity contribution is 7.84. The standard InChI is InChI=1S/C18H25FN2O6S2/c1-18-7-6-13-12-5-3-11(26-28(20,22)23)8-10(12)2-4-14(13)15(18)9-16(19)17(18)27-29(21,24)25/h3,5,8,13-17H,2,4,6-7,9H2,1H3,(H2,20,22,23)(H2,21,24,25)/t13-,14-,15+,16?,17+,18+/m1/s1. The summed E-state index contributed by atoms with van der Waals surface area (Å²) < 4.78 is 69.8. The van der Waals surface area contributed by atoms with E-state index < -0.39 is 38.3 Å². The number of alkyl halides is 1. The third-order valence-electron chi connectivity index (χ3n) is 7.04. The molecule has 0 saturated heterocycles. The van der Waals surface area contributed by atoms with E-state index in [4.69, 9.17) is 18.6 Å². The monoisotopic (exact) mass is 448 g/mol. The molecule has 0 heterocycles. The van der Waals surface area contributed by atoms with Gasteiger partial charge in [0.15, 0.2) is 0 Å². The molecule has 0 spiro atoms. The van der Waals surface area contributed by atoms with Crippen LogP contribution < -0.4 is 14.5 Å². The summed E-state index contributed by atoms with van der Waals surface area (Å²) >= 11 is 0. The Bertz CT molecular complexity index is 1030. The van der Waals surface area contributed by atoms with Gasteiger partial charge < -0.3 is 4.18 Å². The molecule has 3 aliphatic carbocycles. The third kappa shape index (κ3) is 3.90. The molecule has 4 N–H and O–H groups in total. The molecule has 0 radical (unpaired) electrons. The minimum Gasteiger partial charge on any atom is -0.371 e. The Hall–Kier alpha value is -1.27. The Morgan fingerprint density at radius 3 is 2.52 bits per heavy atom. The first-order valence-electron chi connectivity index (χ1n) is 9.57. The zero-order chi connectivity index (χ0) is 21.2. The van der Waals surface area contributed by atoms with E-state index in [0.29, 0.717) is 12.8 Å². The molecule has 2 saturated carbocycles. The second kappa shape index (κ2) is 6.88. The van der Waals surface area contributed by atoms with Crippen LogP contribution in [0, 0.1) is 17.3 Å². The Morgan fingerprint density at radius 1 is 1.14 bits per heavy atom. The molecule has 0 bridgehead atoms. The smallest absolute Gasteiger partial charge is 0.371 e. The highest BCUT2D eigenvalue weighted by Crippen LogP contribution is 2.62. The Morgan fingerprint density at radius 2 is 1.86 bits per heavy atom. The zero-order valence-electron chi connectivity index (χ0n) is 16.0. The van der Waals surface area contributed by atoms with Crippen molar-refractivity contribution in [3.8, 4) is 5.75 Å². The van der Waals surface area contributed by atoms with Gasteiger partial charge in [0.1, 0.15) is 18.0 Å². The maximum atomic E-state index is 14.8. The van der Waals surface area contributed by atoms with E-state index in [0.717, 1.165) is 24.0 Å². The lowest BCUT2D eigenvalue weighted by Crippen LogP contribution is -2.46. The summed E-state index contributed by atoms with van der Waals surface area (Å²) in [4.78, 5) is 0. The van der Waals surface area contributed by atoms with Gasteiger partial charge in [0.2, 0.25) is 0 Å². The van der Waals surface area contributed by atoms with Crippen molar-refractivity contribution >= 4 is 20.6 Å². The number of hydrogen-bond donors (Lipinski definition) is 2. The fourth-order valence-electron chi connectivity index (χ4n) is 5.98. The zero-order valence-corrected chi connectivity index (χ0v) is 17.6. The summed E-state index contributed by atoms with van der Waals surface area (Å²) in [6.45, 7) is 1.90. The Labute approximate surface area is 170 Å². The SMILES string of the molecule is C[C@]12CC[C@@H]3c4ccc(OS(N)(=O)=O)cc4CC[C@H]3[C@@H]1CC(F)[C@@H]2OS(N)(=O)=O. The summed E-state index contributed by atoms with van der Waals surface area (Å²) in [7, 11) is -8.33. The summed E-state index contributed by atoms with van der Waals surface area (Å²) in [6, 6.07) is 5.14. The lowest BCUT2D eigenvalue weighted by Gasteiger charge is -2.50. The highest BCUT2D eigenvalue weighted by Gasteiger charge is 2.60. The van der Waals surface area contributed by atoms with E-state index in [1.54, 1.807) is 12.1 Å². The fourth-order valence-corrected chi connectivity index (χ4v) is 6.99. The molecule has 4 rings (SSSR count). The summed E-state index contributed by atoms with van der Waals surface area (Å²) in [6.07, 6.45) is 0.684. The number of aryl methyl sites for hydroxylation is 1. The van der Waals surface area contributed by atoms with Gasteiger partial charge in [-0.3, -0.25) is 4.18 Å². The second-order valence-corrected chi connectivity index (χ2v) is 11.0. The Kier molecular flexibility index (Phi) is 4.97. The molecule has 1 aromatic rings. The maximum Gasteiger partial charge on any atom is 0.380 e. The molecule has 1 unspecified atom stereocenters. The van der Waals surface area contributed by atoms with E-state index in [1.807, 2.05) is 13.0 Å². The minimum atomic E-state index is -4.24. The molecule has 29 heavy (non-hydrogen) atoms. The van der Waals surface area contributed by atoms with E-state index in [-0.39, 0.29) is 29.9 Å². The molecule has 162 valence electrons. The largest absolute Gasteiger partial charge is 0.380 e. The molecule has 3 aliphatic rings. The van der Waals surface area contributed by atoms with E-state index in [9.17, 15) is 21.2 Å². The van der Waals surface area contributed by atoms with E-state index >= 15 is 0 Å². The topological polar surface area (TPSA) is 139 Å². The van der Waals surface area contributed by atoms with Crippen molar-refractivity contribution in [3.05, 3.63) is 29.3 Å². The van der Waals surface area contributed by atoms with Crippen LogP contribution in [0.5, 0.6) is 5.75 Å². The first kappa shape index (κ1) is 21.0. The van der Waals surface area contributed by atoms with E-state index in [1.165, 1.54) is 0 Å². The van der Waals surface area contributed by atoms with Crippen LogP contribution in [0.1, 0.15) is 49.7 Å². The summed E-state index contributed by atoms with van der Waals surface area (Å²) in [5.74, 6) is 0.549. The summed E-state index contributed by atoms with van der Waals surface area (Å²) in [5, 5.41) is 9.97. The van der Waals surface area contributed by atoms with Gasteiger partial charge in [-0.2, -0.15) is 22.0 Å². The molecular formula is C18H25FN2O6S2. The average molecular weight is 449 g/mol. The number of hydrogen-bond acceptors (Lipinski definition) is 6. The van der Waals surface area contributed by atoms with Gasteiger partial charge in [-0.15, -0.1) is 0 Å². The fraction of sp³-hybridized carbons (Fsp3) is 0.667. The predicted molar refractivity (Wildman–Crippen MR) is 103 cm³/mol. The van der Waals surface area contributed by atoms with Gasteiger partial charge in [0.05, 0.1) is 0 Å². The van der Waals surface area contributed by atoms with Gasteiger partial charge in [-0.25, -0.2) is 9.53 Å². The average Bonchev–Trinajstić information content (AvgIpc) is 2.83. The molecule has 11 heteroatoms. The third-order valence-corrected chi connectivity index (χ3v) is 7.94. The molecule has 2 fully saturated rings. The number of rotatable bonds is 4.